The molecule has 1 aromatic carbocycles. The van der Waals surface area contributed by atoms with Crippen molar-refractivity contribution in [2.24, 2.45) is 0 Å². The molecule has 0 aromatic heterocycles. The molecule has 0 bridgehead atoms. The zero-order valence-electron chi connectivity index (χ0n) is 6.76. The van der Waals surface area contributed by atoms with Gasteiger partial charge in [0.15, 0.2) is 0 Å². The SMILES string of the molecule is OC[C@H]1Cc2cc(Cl)cc(I)c2O1. The zero-order chi connectivity index (χ0) is 9.42. The summed E-state index contributed by atoms with van der Waals surface area (Å²) in [5, 5.41) is 9.67. The van der Waals surface area contributed by atoms with Crippen LogP contribution >= 0.6 is 34.2 Å². The Balaban J connectivity index is 2.40. The van der Waals surface area contributed by atoms with Crippen molar-refractivity contribution in [3.8, 4) is 5.75 Å². The average molecular weight is 311 g/mol. The Bertz CT molecular complexity index is 341. The van der Waals surface area contributed by atoms with Crippen molar-refractivity contribution >= 4 is 34.2 Å². The highest BCUT2D eigenvalue weighted by atomic mass is 127. The molecule has 0 unspecified atom stereocenters. The molecule has 1 aromatic rings. The zero-order valence-corrected chi connectivity index (χ0v) is 9.67. The smallest absolute Gasteiger partial charge is 0.136 e. The number of benzene rings is 1. The van der Waals surface area contributed by atoms with Crippen LogP contribution in [0, 0.1) is 3.57 Å². The molecule has 0 radical (unpaired) electrons. The van der Waals surface area contributed by atoms with Gasteiger partial charge in [0.25, 0.3) is 0 Å². The monoisotopic (exact) mass is 310 g/mol. The second-order valence-corrected chi connectivity index (χ2v) is 4.60. The third kappa shape index (κ3) is 1.78. The summed E-state index contributed by atoms with van der Waals surface area (Å²) < 4.78 is 6.54. The van der Waals surface area contributed by atoms with E-state index in [0.717, 1.165) is 26.3 Å². The summed E-state index contributed by atoms with van der Waals surface area (Å²) >= 11 is 8.08. The molecule has 0 aliphatic carbocycles. The summed E-state index contributed by atoms with van der Waals surface area (Å²) in [4.78, 5) is 0. The van der Waals surface area contributed by atoms with Gasteiger partial charge in [0.1, 0.15) is 11.9 Å². The van der Waals surface area contributed by atoms with Crippen LogP contribution < -0.4 is 4.74 Å². The first-order valence-electron chi connectivity index (χ1n) is 3.96. The van der Waals surface area contributed by atoms with Crippen molar-refractivity contribution in [3.63, 3.8) is 0 Å². The summed E-state index contributed by atoms with van der Waals surface area (Å²) in [5.74, 6) is 0.879. The fourth-order valence-electron chi connectivity index (χ4n) is 1.45. The highest BCUT2D eigenvalue weighted by Crippen LogP contribution is 2.35. The second-order valence-electron chi connectivity index (χ2n) is 3.00. The Morgan fingerprint density at radius 3 is 3.08 bits per heavy atom. The van der Waals surface area contributed by atoms with Crippen molar-refractivity contribution in [1.29, 1.82) is 0 Å². The lowest BCUT2D eigenvalue weighted by Crippen LogP contribution is -2.17. The Kier molecular flexibility index (Phi) is 2.67. The highest BCUT2D eigenvalue weighted by Gasteiger charge is 2.24. The van der Waals surface area contributed by atoms with E-state index in [1.165, 1.54) is 0 Å². The lowest BCUT2D eigenvalue weighted by atomic mass is 10.1. The number of ether oxygens (including phenoxy) is 1. The summed E-state index contributed by atoms with van der Waals surface area (Å²) in [5.41, 5.74) is 1.09. The fraction of sp³-hybridized carbons (Fsp3) is 0.333. The minimum Gasteiger partial charge on any atom is -0.486 e. The van der Waals surface area contributed by atoms with Crippen LogP contribution in [0.4, 0.5) is 0 Å². The third-order valence-corrected chi connectivity index (χ3v) is 3.04. The normalized spacial score (nSPS) is 19.8. The van der Waals surface area contributed by atoms with E-state index in [1.54, 1.807) is 0 Å². The van der Waals surface area contributed by atoms with Crippen LogP contribution in [0.15, 0.2) is 12.1 Å². The summed E-state index contributed by atoms with van der Waals surface area (Å²) in [6.07, 6.45) is 0.657. The van der Waals surface area contributed by atoms with Crippen LogP contribution in [0.2, 0.25) is 5.02 Å². The molecule has 13 heavy (non-hydrogen) atoms. The number of aliphatic hydroxyl groups excluding tert-OH is 1. The number of halogens is 2. The second kappa shape index (κ2) is 3.63. The Morgan fingerprint density at radius 1 is 1.62 bits per heavy atom. The lowest BCUT2D eigenvalue weighted by Gasteiger charge is -2.06. The third-order valence-electron chi connectivity index (χ3n) is 2.02. The maximum Gasteiger partial charge on any atom is 0.136 e. The van der Waals surface area contributed by atoms with Gasteiger partial charge in [-0.25, -0.2) is 0 Å². The number of hydrogen-bond donors (Lipinski definition) is 1. The van der Waals surface area contributed by atoms with Crippen LogP contribution in [0.5, 0.6) is 5.75 Å². The standard InChI is InChI=1S/C9H8ClIO2/c10-6-1-5-2-7(4-12)13-9(5)8(11)3-6/h1,3,7,12H,2,4H2/t7-/m1/s1. The summed E-state index contributed by atoms with van der Waals surface area (Å²) in [7, 11) is 0. The van der Waals surface area contributed by atoms with Crippen molar-refractivity contribution in [1.82, 2.24) is 0 Å². The molecule has 0 spiro atoms. The molecule has 1 aliphatic heterocycles. The van der Waals surface area contributed by atoms with Crippen LogP contribution in [-0.4, -0.2) is 17.8 Å². The fourth-order valence-corrected chi connectivity index (χ4v) is 2.69. The molecular weight excluding hydrogens is 302 g/mol. The summed E-state index contributed by atoms with van der Waals surface area (Å²) in [6.45, 7) is 0.0579. The van der Waals surface area contributed by atoms with Gasteiger partial charge >= 0.3 is 0 Å². The van der Waals surface area contributed by atoms with Gasteiger partial charge in [-0.3, -0.25) is 0 Å². The van der Waals surface area contributed by atoms with E-state index in [-0.39, 0.29) is 12.7 Å². The van der Waals surface area contributed by atoms with E-state index in [1.807, 2.05) is 12.1 Å². The van der Waals surface area contributed by atoms with E-state index in [2.05, 4.69) is 22.6 Å². The quantitative estimate of drug-likeness (QED) is 0.806. The molecule has 0 saturated heterocycles. The molecule has 1 N–H and O–H groups in total. The minimum atomic E-state index is -0.0954. The van der Waals surface area contributed by atoms with E-state index >= 15 is 0 Å². The Labute approximate surface area is 95.0 Å². The molecule has 1 heterocycles. The predicted molar refractivity (Wildman–Crippen MR) is 59.4 cm³/mol. The average Bonchev–Trinajstić information content (AvgIpc) is 2.47. The first-order chi connectivity index (χ1) is 6.20. The minimum absolute atomic E-state index is 0.0579. The number of fused-ring (bicyclic) bond motifs is 1. The van der Waals surface area contributed by atoms with Crippen LogP contribution in [-0.2, 0) is 6.42 Å². The van der Waals surface area contributed by atoms with Crippen LogP contribution in [0.25, 0.3) is 0 Å². The van der Waals surface area contributed by atoms with Gasteiger partial charge in [-0.1, -0.05) is 11.6 Å². The van der Waals surface area contributed by atoms with Gasteiger partial charge in [-0.05, 0) is 34.7 Å². The summed E-state index contributed by atoms with van der Waals surface area (Å²) in [6, 6.07) is 3.76. The van der Waals surface area contributed by atoms with Crippen molar-refractivity contribution in [3.05, 3.63) is 26.3 Å². The van der Waals surface area contributed by atoms with Crippen molar-refractivity contribution < 1.29 is 9.84 Å². The highest BCUT2D eigenvalue weighted by molar-refractivity contribution is 14.1. The van der Waals surface area contributed by atoms with Gasteiger partial charge in [0.05, 0.1) is 10.2 Å². The molecule has 1 aliphatic rings. The molecule has 0 fully saturated rings. The topological polar surface area (TPSA) is 29.5 Å². The number of aliphatic hydroxyl groups is 1. The first kappa shape index (κ1) is 9.55. The number of hydrogen-bond acceptors (Lipinski definition) is 2. The molecular formula is C9H8ClIO2. The first-order valence-corrected chi connectivity index (χ1v) is 5.42. The largest absolute Gasteiger partial charge is 0.486 e. The number of rotatable bonds is 1. The van der Waals surface area contributed by atoms with E-state index in [9.17, 15) is 0 Å². The van der Waals surface area contributed by atoms with Gasteiger partial charge in [-0.2, -0.15) is 0 Å². The van der Waals surface area contributed by atoms with Crippen molar-refractivity contribution in [2.75, 3.05) is 6.61 Å². The van der Waals surface area contributed by atoms with Crippen molar-refractivity contribution in [2.45, 2.75) is 12.5 Å². The molecule has 0 amide bonds. The van der Waals surface area contributed by atoms with Gasteiger partial charge in [0, 0.05) is 17.0 Å². The lowest BCUT2D eigenvalue weighted by molar-refractivity contribution is 0.134. The maximum absolute atomic E-state index is 8.94. The van der Waals surface area contributed by atoms with Gasteiger partial charge in [-0.15, -0.1) is 0 Å². The maximum atomic E-state index is 8.94. The van der Waals surface area contributed by atoms with E-state index in [4.69, 9.17) is 21.4 Å². The molecule has 1 atom stereocenters. The molecule has 4 heteroatoms. The Morgan fingerprint density at radius 2 is 2.38 bits per heavy atom. The van der Waals surface area contributed by atoms with Crippen LogP contribution in [0.1, 0.15) is 5.56 Å². The molecule has 70 valence electrons. The van der Waals surface area contributed by atoms with Crippen LogP contribution in [0.3, 0.4) is 0 Å². The predicted octanol–water partition coefficient (Wildman–Crippen LogP) is 2.24. The molecule has 2 nitrogen and oxygen atoms in total. The Hall–Kier alpha value is -0.000000000000000111. The van der Waals surface area contributed by atoms with E-state index in [0.29, 0.717) is 0 Å². The molecule has 0 saturated carbocycles. The molecule has 2 rings (SSSR count). The van der Waals surface area contributed by atoms with Gasteiger partial charge < -0.3 is 9.84 Å². The van der Waals surface area contributed by atoms with Gasteiger partial charge in [0.2, 0.25) is 0 Å². The van der Waals surface area contributed by atoms with E-state index < -0.39 is 0 Å².